The quantitative estimate of drug-likeness (QED) is 0.532. The van der Waals surface area contributed by atoms with Gasteiger partial charge in [0.05, 0.1) is 12.0 Å². The number of halogens is 2. The maximum Gasteiger partial charge on any atom is 0.387 e. The number of hydrogen-bond acceptors (Lipinski definition) is 6. The summed E-state index contributed by atoms with van der Waals surface area (Å²) in [5, 5.41) is 3.64. The van der Waals surface area contributed by atoms with Crippen molar-refractivity contribution in [2.24, 2.45) is 0 Å². The van der Waals surface area contributed by atoms with Crippen LogP contribution in [0.25, 0.3) is 10.2 Å². The number of methoxy groups -OCH3 is 1. The Morgan fingerprint density at radius 1 is 1.23 bits per heavy atom. The number of ketones is 1. The lowest BCUT2D eigenvalue weighted by Crippen LogP contribution is -2.25. The first kappa shape index (κ1) is 21.6. The number of thiophene rings is 1. The van der Waals surface area contributed by atoms with Gasteiger partial charge in [-0.25, -0.2) is 4.98 Å². The van der Waals surface area contributed by atoms with E-state index in [1.54, 1.807) is 18.2 Å². The number of rotatable bonds is 8. The average molecular weight is 434 g/mol. The standard InChI is InChI=1S/C21H20F2N2O4S/c1-11-15-9-14(12(2)26)10-25-20(15)30-18(11)19(27)24-7-6-13-4-5-16(29-21(22)23)17(8-13)28-3/h4-5,8-10,21H,6-7H2,1-3H3,(H,24,27). The third-order valence-electron chi connectivity index (χ3n) is 4.55. The molecule has 0 saturated heterocycles. The van der Waals surface area contributed by atoms with Crippen LogP contribution in [0.15, 0.2) is 30.5 Å². The molecular weight excluding hydrogens is 414 g/mol. The third-order valence-corrected chi connectivity index (χ3v) is 5.76. The van der Waals surface area contributed by atoms with Crippen molar-refractivity contribution in [3.05, 3.63) is 52.0 Å². The van der Waals surface area contributed by atoms with Gasteiger partial charge in [-0.2, -0.15) is 8.78 Å². The van der Waals surface area contributed by atoms with Crippen LogP contribution in [0.1, 0.15) is 38.1 Å². The van der Waals surface area contributed by atoms with E-state index in [0.717, 1.165) is 16.5 Å². The molecule has 0 atom stereocenters. The molecule has 9 heteroatoms. The number of pyridine rings is 1. The number of benzene rings is 1. The van der Waals surface area contributed by atoms with Gasteiger partial charge in [0, 0.05) is 23.7 Å². The van der Waals surface area contributed by atoms with Crippen molar-refractivity contribution in [1.82, 2.24) is 10.3 Å². The second-order valence-corrected chi connectivity index (χ2v) is 7.56. The Morgan fingerprint density at radius 2 is 2.00 bits per heavy atom. The number of amides is 1. The van der Waals surface area contributed by atoms with E-state index in [1.807, 2.05) is 6.92 Å². The Bertz CT molecular complexity index is 1100. The number of aryl methyl sites for hydroxylation is 1. The van der Waals surface area contributed by atoms with Crippen LogP contribution in [0.5, 0.6) is 11.5 Å². The Morgan fingerprint density at radius 3 is 2.67 bits per heavy atom. The minimum absolute atomic E-state index is 0.0429. The van der Waals surface area contributed by atoms with Crippen LogP contribution in [0.4, 0.5) is 8.78 Å². The molecule has 3 rings (SSSR count). The molecule has 2 heterocycles. The van der Waals surface area contributed by atoms with Crippen LogP contribution in [0.3, 0.4) is 0 Å². The highest BCUT2D eigenvalue weighted by Crippen LogP contribution is 2.31. The summed E-state index contributed by atoms with van der Waals surface area (Å²) >= 11 is 1.27. The van der Waals surface area contributed by atoms with Gasteiger partial charge >= 0.3 is 6.61 Å². The smallest absolute Gasteiger partial charge is 0.387 e. The van der Waals surface area contributed by atoms with Crippen molar-refractivity contribution < 1.29 is 27.8 Å². The van der Waals surface area contributed by atoms with Gasteiger partial charge in [-0.1, -0.05) is 6.07 Å². The van der Waals surface area contributed by atoms with Gasteiger partial charge in [0.2, 0.25) is 0 Å². The van der Waals surface area contributed by atoms with Gasteiger partial charge in [0.15, 0.2) is 17.3 Å². The molecule has 30 heavy (non-hydrogen) atoms. The van der Waals surface area contributed by atoms with E-state index in [0.29, 0.717) is 28.2 Å². The highest BCUT2D eigenvalue weighted by atomic mass is 32.1. The van der Waals surface area contributed by atoms with Gasteiger partial charge in [-0.3, -0.25) is 9.59 Å². The summed E-state index contributed by atoms with van der Waals surface area (Å²) in [5.74, 6) is -0.156. The SMILES string of the molecule is COc1cc(CCNC(=O)c2sc3ncc(C(C)=O)cc3c2C)ccc1OC(F)F. The van der Waals surface area contributed by atoms with Crippen LogP contribution >= 0.6 is 11.3 Å². The van der Waals surface area contributed by atoms with E-state index in [4.69, 9.17) is 4.74 Å². The lowest BCUT2D eigenvalue weighted by atomic mass is 10.1. The van der Waals surface area contributed by atoms with Crippen LogP contribution < -0.4 is 14.8 Å². The molecule has 0 unspecified atom stereocenters. The second-order valence-electron chi connectivity index (χ2n) is 6.56. The number of nitrogens with one attached hydrogen (secondary N) is 1. The fourth-order valence-corrected chi connectivity index (χ4v) is 4.02. The van der Waals surface area contributed by atoms with Crippen LogP contribution in [0, 0.1) is 6.92 Å². The van der Waals surface area contributed by atoms with Crippen molar-refractivity contribution >= 4 is 33.2 Å². The van der Waals surface area contributed by atoms with E-state index in [9.17, 15) is 18.4 Å². The zero-order valence-electron chi connectivity index (χ0n) is 16.6. The Hall–Kier alpha value is -3.07. The highest BCUT2D eigenvalue weighted by molar-refractivity contribution is 7.20. The molecule has 1 aromatic carbocycles. The van der Waals surface area contributed by atoms with E-state index in [2.05, 4.69) is 15.0 Å². The largest absolute Gasteiger partial charge is 0.493 e. The van der Waals surface area contributed by atoms with Crippen molar-refractivity contribution in [2.45, 2.75) is 26.9 Å². The molecule has 3 aromatic rings. The number of ether oxygens (including phenoxy) is 2. The number of fused-ring (bicyclic) bond motifs is 1. The molecule has 0 fully saturated rings. The molecule has 6 nitrogen and oxygen atoms in total. The molecule has 1 amide bonds. The first-order valence-corrected chi connectivity index (χ1v) is 9.91. The van der Waals surface area contributed by atoms with Crippen molar-refractivity contribution in [3.63, 3.8) is 0 Å². The molecule has 1 N–H and O–H groups in total. The molecule has 0 spiro atoms. The van der Waals surface area contributed by atoms with E-state index < -0.39 is 6.61 Å². The number of carbonyl (C=O) groups excluding carboxylic acids is 2. The molecule has 158 valence electrons. The maximum absolute atomic E-state index is 12.6. The Labute approximate surface area is 175 Å². The summed E-state index contributed by atoms with van der Waals surface area (Å²) in [6, 6.07) is 6.41. The summed E-state index contributed by atoms with van der Waals surface area (Å²) in [6.45, 7) is 0.705. The van der Waals surface area contributed by atoms with Crippen molar-refractivity contribution in [2.75, 3.05) is 13.7 Å². The topological polar surface area (TPSA) is 77.5 Å². The molecule has 0 aliphatic rings. The maximum atomic E-state index is 12.6. The molecular formula is C21H20F2N2O4S. The summed E-state index contributed by atoms with van der Waals surface area (Å²) in [4.78, 5) is 29.7. The summed E-state index contributed by atoms with van der Waals surface area (Å²) < 4.78 is 34.3. The molecule has 0 radical (unpaired) electrons. The predicted octanol–water partition coefficient (Wildman–Crippen LogP) is 4.39. The average Bonchev–Trinajstić information content (AvgIpc) is 3.04. The van der Waals surface area contributed by atoms with Gasteiger partial charge in [-0.05, 0) is 49.6 Å². The van der Waals surface area contributed by atoms with Crippen LogP contribution in [-0.4, -0.2) is 36.9 Å². The van der Waals surface area contributed by atoms with Crippen LogP contribution in [-0.2, 0) is 6.42 Å². The highest BCUT2D eigenvalue weighted by Gasteiger charge is 2.17. The van der Waals surface area contributed by atoms with Gasteiger partial charge < -0.3 is 14.8 Å². The minimum atomic E-state index is -2.94. The number of hydrogen-bond donors (Lipinski definition) is 1. The van der Waals surface area contributed by atoms with Gasteiger partial charge in [0.1, 0.15) is 4.83 Å². The van der Waals surface area contributed by atoms with Gasteiger partial charge in [0.25, 0.3) is 5.91 Å². The zero-order chi connectivity index (χ0) is 21.8. The second kappa shape index (κ2) is 9.17. The summed E-state index contributed by atoms with van der Waals surface area (Å²) in [7, 11) is 1.37. The number of nitrogens with zero attached hydrogens (tertiary/aromatic N) is 1. The molecule has 0 aliphatic heterocycles. The van der Waals surface area contributed by atoms with Crippen molar-refractivity contribution in [1.29, 1.82) is 0 Å². The van der Waals surface area contributed by atoms with E-state index in [1.165, 1.54) is 37.6 Å². The van der Waals surface area contributed by atoms with E-state index >= 15 is 0 Å². The summed E-state index contributed by atoms with van der Waals surface area (Å²) in [5.41, 5.74) is 2.08. The molecule has 2 aromatic heterocycles. The van der Waals surface area contributed by atoms with Crippen molar-refractivity contribution in [3.8, 4) is 11.5 Å². The normalized spacial score (nSPS) is 11.0. The zero-order valence-corrected chi connectivity index (χ0v) is 17.4. The number of Topliss-reactive ketones (excluding diaryl/α,β-unsaturated/α-hetero) is 1. The number of alkyl halides is 2. The van der Waals surface area contributed by atoms with Gasteiger partial charge in [-0.15, -0.1) is 11.3 Å². The molecule has 0 saturated carbocycles. The third kappa shape index (κ3) is 4.73. The summed E-state index contributed by atoms with van der Waals surface area (Å²) in [6.07, 6.45) is 1.99. The lowest BCUT2D eigenvalue weighted by molar-refractivity contribution is -0.0512. The fourth-order valence-electron chi connectivity index (χ4n) is 2.97. The predicted molar refractivity (Wildman–Crippen MR) is 110 cm³/mol. The number of carbonyl (C=O) groups is 2. The first-order chi connectivity index (χ1) is 14.3. The monoisotopic (exact) mass is 434 g/mol. The minimum Gasteiger partial charge on any atom is -0.493 e. The van der Waals surface area contributed by atoms with Crippen LogP contribution in [0.2, 0.25) is 0 Å². The van der Waals surface area contributed by atoms with E-state index in [-0.39, 0.29) is 23.2 Å². The first-order valence-electron chi connectivity index (χ1n) is 9.10. The lowest BCUT2D eigenvalue weighted by Gasteiger charge is -2.11. The fraction of sp³-hybridized carbons (Fsp3) is 0.286. The Kier molecular flexibility index (Phi) is 6.61. The molecule has 0 aliphatic carbocycles. The Balaban J connectivity index is 1.67. The number of aromatic nitrogens is 1. The molecule has 0 bridgehead atoms.